The van der Waals surface area contributed by atoms with E-state index in [-0.39, 0.29) is 11.6 Å². The average Bonchev–Trinajstić information content (AvgIpc) is 2.68. The zero-order valence-corrected chi connectivity index (χ0v) is 15.4. The molecule has 0 spiro atoms. The van der Waals surface area contributed by atoms with Gasteiger partial charge in [-0.2, -0.15) is 0 Å². The highest BCUT2D eigenvalue weighted by atomic mass is 35.5. The summed E-state index contributed by atoms with van der Waals surface area (Å²) in [6.45, 7) is 2.81. The van der Waals surface area contributed by atoms with Crippen LogP contribution in [0.4, 0.5) is 11.4 Å². The first-order chi connectivity index (χ1) is 13.0. The molecule has 1 aliphatic rings. The van der Waals surface area contributed by atoms with Crippen LogP contribution in [0.15, 0.2) is 42.5 Å². The Balaban J connectivity index is 1.74. The molecule has 0 unspecified atom stereocenters. The van der Waals surface area contributed by atoms with Crippen LogP contribution in [0.2, 0.25) is 5.02 Å². The van der Waals surface area contributed by atoms with Crippen LogP contribution in [0.3, 0.4) is 0 Å². The fourth-order valence-corrected chi connectivity index (χ4v) is 3.22. The fourth-order valence-electron chi connectivity index (χ4n) is 3.01. The predicted molar refractivity (Wildman–Crippen MR) is 104 cm³/mol. The molecule has 2 aromatic rings. The van der Waals surface area contributed by atoms with Gasteiger partial charge in [-0.05, 0) is 30.2 Å². The summed E-state index contributed by atoms with van der Waals surface area (Å²) in [6, 6.07) is 11.8. The van der Waals surface area contributed by atoms with Crippen LogP contribution in [0.25, 0.3) is 0 Å². The van der Waals surface area contributed by atoms with E-state index >= 15 is 0 Å². The van der Waals surface area contributed by atoms with Gasteiger partial charge in [0.2, 0.25) is 0 Å². The molecule has 1 heterocycles. The first-order valence-corrected chi connectivity index (χ1v) is 9.06. The molecule has 142 valence electrons. The number of carbonyl (C=O) groups is 1. The molecule has 0 aliphatic carbocycles. The van der Waals surface area contributed by atoms with Gasteiger partial charge in [-0.25, -0.2) is 0 Å². The van der Waals surface area contributed by atoms with E-state index < -0.39 is 4.92 Å². The first kappa shape index (κ1) is 19.1. The quantitative estimate of drug-likeness (QED) is 0.606. The average molecular weight is 390 g/mol. The summed E-state index contributed by atoms with van der Waals surface area (Å²) < 4.78 is 5.35. The Hall–Kier alpha value is -2.64. The lowest BCUT2D eigenvalue weighted by Gasteiger charge is -2.30. The Bertz CT molecular complexity index is 837. The molecule has 1 aliphatic heterocycles. The summed E-state index contributed by atoms with van der Waals surface area (Å²) in [7, 11) is 0. The number of amides is 1. The topological polar surface area (TPSA) is 84.7 Å². The van der Waals surface area contributed by atoms with E-state index in [1.807, 2.05) is 23.1 Å². The minimum Gasteiger partial charge on any atom is -0.378 e. The molecule has 3 rings (SSSR count). The molecule has 8 heteroatoms. The number of carbonyl (C=O) groups excluding carboxylic acids is 1. The van der Waals surface area contributed by atoms with Crippen molar-refractivity contribution in [2.75, 3.05) is 37.7 Å². The Morgan fingerprint density at radius 3 is 2.70 bits per heavy atom. The van der Waals surface area contributed by atoms with Gasteiger partial charge in [0.05, 0.1) is 29.4 Å². The lowest BCUT2D eigenvalue weighted by atomic mass is 10.1. The van der Waals surface area contributed by atoms with Gasteiger partial charge in [0, 0.05) is 36.8 Å². The van der Waals surface area contributed by atoms with E-state index in [9.17, 15) is 14.9 Å². The molecule has 0 saturated carbocycles. The summed E-state index contributed by atoms with van der Waals surface area (Å²) in [5, 5.41) is 14.6. The lowest BCUT2D eigenvalue weighted by molar-refractivity contribution is -0.384. The SMILES string of the molecule is O=C(NCCc1cccc(Cl)c1)c1cc([N+](=O)[O-])ccc1N1CCOCC1. The third kappa shape index (κ3) is 4.96. The molecule has 0 aromatic heterocycles. The lowest BCUT2D eigenvalue weighted by Crippen LogP contribution is -2.38. The van der Waals surface area contributed by atoms with Crippen LogP contribution in [-0.4, -0.2) is 43.7 Å². The monoisotopic (exact) mass is 389 g/mol. The number of morpholine rings is 1. The summed E-state index contributed by atoms with van der Waals surface area (Å²) in [5.41, 5.74) is 1.89. The van der Waals surface area contributed by atoms with Crippen molar-refractivity contribution in [3.63, 3.8) is 0 Å². The second-order valence-electron chi connectivity index (χ2n) is 6.19. The van der Waals surface area contributed by atoms with Crippen molar-refractivity contribution >= 4 is 28.9 Å². The van der Waals surface area contributed by atoms with E-state index in [4.69, 9.17) is 16.3 Å². The third-order valence-electron chi connectivity index (χ3n) is 4.38. The van der Waals surface area contributed by atoms with Crippen LogP contribution >= 0.6 is 11.6 Å². The van der Waals surface area contributed by atoms with Gasteiger partial charge >= 0.3 is 0 Å². The fraction of sp³-hybridized carbons (Fsp3) is 0.316. The summed E-state index contributed by atoms with van der Waals surface area (Å²) in [5.74, 6) is -0.331. The van der Waals surface area contributed by atoms with E-state index in [0.29, 0.717) is 55.5 Å². The van der Waals surface area contributed by atoms with Gasteiger partial charge in [-0.3, -0.25) is 14.9 Å². The van der Waals surface area contributed by atoms with Crippen molar-refractivity contribution in [1.82, 2.24) is 5.32 Å². The zero-order valence-electron chi connectivity index (χ0n) is 14.7. The molecule has 27 heavy (non-hydrogen) atoms. The van der Waals surface area contributed by atoms with Crippen LogP contribution in [0.5, 0.6) is 0 Å². The van der Waals surface area contributed by atoms with Gasteiger partial charge < -0.3 is 15.0 Å². The van der Waals surface area contributed by atoms with E-state index in [1.165, 1.54) is 12.1 Å². The van der Waals surface area contributed by atoms with Gasteiger partial charge in [0.1, 0.15) is 0 Å². The third-order valence-corrected chi connectivity index (χ3v) is 4.61. The van der Waals surface area contributed by atoms with Crippen molar-refractivity contribution < 1.29 is 14.5 Å². The number of anilines is 1. The molecule has 2 aromatic carbocycles. The molecular weight excluding hydrogens is 370 g/mol. The zero-order chi connectivity index (χ0) is 19.2. The minimum atomic E-state index is -0.494. The van der Waals surface area contributed by atoms with Crippen molar-refractivity contribution in [2.45, 2.75) is 6.42 Å². The number of nitrogens with zero attached hydrogens (tertiary/aromatic N) is 2. The highest BCUT2D eigenvalue weighted by molar-refractivity contribution is 6.30. The van der Waals surface area contributed by atoms with Gasteiger partial charge in [-0.15, -0.1) is 0 Å². The summed E-state index contributed by atoms with van der Waals surface area (Å²) in [4.78, 5) is 25.4. The number of nitro groups is 1. The highest BCUT2D eigenvalue weighted by Gasteiger charge is 2.21. The van der Waals surface area contributed by atoms with Crippen molar-refractivity contribution in [3.05, 3.63) is 68.7 Å². The second-order valence-corrected chi connectivity index (χ2v) is 6.63. The standard InChI is InChI=1S/C19H20ClN3O4/c20-15-3-1-2-14(12-15)6-7-21-19(24)17-13-16(23(25)26)4-5-18(17)22-8-10-27-11-9-22/h1-5,12-13H,6-11H2,(H,21,24). The highest BCUT2D eigenvalue weighted by Crippen LogP contribution is 2.26. The van der Waals surface area contributed by atoms with E-state index in [2.05, 4.69) is 5.32 Å². The minimum absolute atomic E-state index is 0.105. The number of hydrogen-bond acceptors (Lipinski definition) is 5. The van der Waals surface area contributed by atoms with E-state index in [1.54, 1.807) is 12.1 Å². The maximum atomic E-state index is 12.7. The maximum absolute atomic E-state index is 12.7. The van der Waals surface area contributed by atoms with Crippen molar-refractivity contribution in [3.8, 4) is 0 Å². The number of non-ortho nitro benzene ring substituents is 1. The van der Waals surface area contributed by atoms with Crippen molar-refractivity contribution in [1.29, 1.82) is 0 Å². The maximum Gasteiger partial charge on any atom is 0.270 e. The smallest absolute Gasteiger partial charge is 0.270 e. The number of halogens is 1. The number of benzene rings is 2. The van der Waals surface area contributed by atoms with Crippen LogP contribution in [0, 0.1) is 10.1 Å². The molecule has 1 amide bonds. The first-order valence-electron chi connectivity index (χ1n) is 8.68. The molecule has 7 nitrogen and oxygen atoms in total. The second kappa shape index (κ2) is 8.83. The Morgan fingerprint density at radius 2 is 2.00 bits per heavy atom. The number of ether oxygens (including phenoxy) is 1. The van der Waals surface area contributed by atoms with Crippen molar-refractivity contribution in [2.24, 2.45) is 0 Å². The molecule has 1 N–H and O–H groups in total. The molecular formula is C19H20ClN3O4. The van der Waals surface area contributed by atoms with Crippen LogP contribution in [-0.2, 0) is 11.2 Å². The molecule has 0 atom stereocenters. The summed E-state index contributed by atoms with van der Waals surface area (Å²) >= 11 is 5.97. The normalized spacial score (nSPS) is 14.0. The molecule has 0 bridgehead atoms. The van der Waals surface area contributed by atoms with Gasteiger partial charge in [0.15, 0.2) is 0 Å². The Morgan fingerprint density at radius 1 is 1.22 bits per heavy atom. The predicted octanol–water partition coefficient (Wildman–Crippen LogP) is 3.06. The Labute approximate surface area is 162 Å². The van der Waals surface area contributed by atoms with E-state index in [0.717, 1.165) is 5.56 Å². The Kier molecular flexibility index (Phi) is 6.26. The number of hydrogen-bond donors (Lipinski definition) is 1. The molecule has 0 radical (unpaired) electrons. The van der Waals surface area contributed by atoms with Gasteiger partial charge in [0.25, 0.3) is 11.6 Å². The van der Waals surface area contributed by atoms with Gasteiger partial charge in [-0.1, -0.05) is 23.7 Å². The number of nitro benzene ring substituents is 1. The molecule has 1 fully saturated rings. The largest absolute Gasteiger partial charge is 0.378 e. The number of rotatable bonds is 6. The summed E-state index contributed by atoms with van der Waals surface area (Å²) in [6.07, 6.45) is 0.619. The van der Waals surface area contributed by atoms with Crippen LogP contribution in [0.1, 0.15) is 15.9 Å². The molecule has 1 saturated heterocycles. The van der Waals surface area contributed by atoms with Crippen LogP contribution < -0.4 is 10.2 Å². The number of nitrogens with one attached hydrogen (secondary N) is 1.